The number of hydrogen-bond acceptors (Lipinski definition) is 6. The third kappa shape index (κ3) is 2.04. The fourth-order valence-corrected chi connectivity index (χ4v) is 2.37. The van der Waals surface area contributed by atoms with Gasteiger partial charge in [-0.05, 0) is 0 Å². The molecule has 0 saturated carbocycles. The number of nitrogens with two attached hydrogens (primary N) is 1. The fraction of sp³-hybridized carbons (Fsp3) is 0.545. The van der Waals surface area contributed by atoms with Gasteiger partial charge < -0.3 is 15.2 Å². The molecule has 2 aromatic rings. The average molecular weight is 283 g/mol. The number of aromatic nitrogens is 4. The molecule has 0 aromatic carbocycles. The number of anilines is 1. The molecule has 1 fully saturated rings. The largest absolute Gasteiger partial charge is 0.382 e. The molecule has 20 heavy (non-hydrogen) atoms. The van der Waals surface area contributed by atoms with Crippen molar-refractivity contribution < 1.29 is 13.9 Å². The normalized spacial score (nSPS) is 26.4. The molecule has 1 aliphatic rings. The number of ether oxygens (including phenoxy) is 2. The van der Waals surface area contributed by atoms with Gasteiger partial charge in [0.1, 0.15) is 6.17 Å². The Balaban J connectivity index is 2.01. The molecule has 0 spiro atoms. The van der Waals surface area contributed by atoms with Crippen LogP contribution >= 0.6 is 0 Å². The number of alkyl halides is 1. The van der Waals surface area contributed by atoms with Crippen molar-refractivity contribution in [2.24, 2.45) is 0 Å². The van der Waals surface area contributed by atoms with Gasteiger partial charge in [-0.15, -0.1) is 0 Å². The molecule has 3 atom stereocenters. The Kier molecular flexibility index (Phi) is 3.14. The summed E-state index contributed by atoms with van der Waals surface area (Å²) < 4.78 is 26.0. The molecule has 108 valence electrons. The van der Waals surface area contributed by atoms with E-state index in [-0.39, 0.29) is 29.6 Å². The quantitative estimate of drug-likeness (QED) is 0.819. The number of hydrogen-bond donors (Lipinski definition) is 2. The average Bonchev–Trinajstić information content (AvgIpc) is 2.93. The maximum Gasteiger partial charge on any atom is 0.280 e. The second-order valence-electron chi connectivity index (χ2n) is 4.63. The molecule has 0 aliphatic carbocycles. The maximum atomic E-state index is 14.1. The molecular formula is C11H14FN5O3. The minimum absolute atomic E-state index is 0.0499. The number of nitrogens with one attached hydrogen (secondary N) is 1. The lowest BCUT2D eigenvalue weighted by atomic mass is 10.2. The molecule has 0 radical (unpaired) electrons. The number of nitrogens with zero attached hydrogens (tertiary/aromatic N) is 3. The molecule has 3 N–H and O–H groups in total. The molecule has 9 heteroatoms. The minimum Gasteiger partial charge on any atom is -0.382 e. The van der Waals surface area contributed by atoms with Gasteiger partial charge >= 0.3 is 0 Å². The summed E-state index contributed by atoms with van der Waals surface area (Å²) in [4.78, 5) is 21.9. The maximum absolute atomic E-state index is 14.1. The van der Waals surface area contributed by atoms with Gasteiger partial charge in [0.2, 0.25) is 5.95 Å². The third-order valence-corrected chi connectivity index (χ3v) is 3.21. The molecule has 8 nitrogen and oxygen atoms in total. The topological polar surface area (TPSA) is 108 Å². The Labute approximate surface area is 112 Å². The van der Waals surface area contributed by atoms with Crippen molar-refractivity contribution in [3.8, 4) is 0 Å². The van der Waals surface area contributed by atoms with Gasteiger partial charge in [-0.2, -0.15) is 4.98 Å². The zero-order valence-electron chi connectivity index (χ0n) is 10.7. The van der Waals surface area contributed by atoms with E-state index >= 15 is 0 Å². The number of fused-ring (bicyclic) bond motifs is 1. The van der Waals surface area contributed by atoms with Gasteiger partial charge in [0.15, 0.2) is 17.4 Å². The number of nitrogen functional groups attached to an aromatic ring is 1. The van der Waals surface area contributed by atoms with E-state index < -0.39 is 18.0 Å². The molecule has 1 aliphatic heterocycles. The Bertz CT molecular complexity index is 684. The summed E-state index contributed by atoms with van der Waals surface area (Å²) in [5.41, 5.74) is 5.34. The van der Waals surface area contributed by atoms with Crippen LogP contribution in [-0.2, 0) is 9.47 Å². The lowest BCUT2D eigenvalue weighted by Crippen LogP contribution is -2.18. The minimum atomic E-state index is -1.23. The Morgan fingerprint density at radius 1 is 1.70 bits per heavy atom. The number of methoxy groups -OCH3 is 1. The summed E-state index contributed by atoms with van der Waals surface area (Å²) in [6.45, 7) is 0.305. The molecule has 3 rings (SSSR count). The Morgan fingerprint density at radius 3 is 3.25 bits per heavy atom. The Hall–Kier alpha value is -2.00. The molecular weight excluding hydrogens is 269 g/mol. The van der Waals surface area contributed by atoms with Crippen LogP contribution in [0.2, 0.25) is 0 Å². The van der Waals surface area contributed by atoms with E-state index in [9.17, 15) is 9.18 Å². The van der Waals surface area contributed by atoms with Crippen molar-refractivity contribution in [1.29, 1.82) is 0 Å². The van der Waals surface area contributed by atoms with Gasteiger partial charge in [0.05, 0.1) is 19.0 Å². The van der Waals surface area contributed by atoms with Gasteiger partial charge in [-0.3, -0.25) is 14.3 Å². The third-order valence-electron chi connectivity index (χ3n) is 3.21. The van der Waals surface area contributed by atoms with Crippen molar-refractivity contribution >= 4 is 17.1 Å². The Morgan fingerprint density at radius 2 is 2.50 bits per heavy atom. The number of imidazole rings is 1. The highest BCUT2D eigenvalue weighted by Gasteiger charge is 2.37. The van der Waals surface area contributed by atoms with E-state index in [0.717, 1.165) is 0 Å². The first-order valence-electron chi connectivity index (χ1n) is 6.11. The van der Waals surface area contributed by atoms with Gasteiger partial charge in [0.25, 0.3) is 5.56 Å². The first-order chi connectivity index (χ1) is 9.60. The van der Waals surface area contributed by atoms with Crippen LogP contribution in [0.5, 0.6) is 0 Å². The number of aromatic amines is 1. The van der Waals surface area contributed by atoms with Crippen LogP contribution in [0.15, 0.2) is 11.1 Å². The lowest BCUT2D eigenvalue weighted by molar-refractivity contribution is -0.0423. The van der Waals surface area contributed by atoms with Crippen LogP contribution in [0.3, 0.4) is 0 Å². The SMILES string of the molecule is COC[C@@H]1CC(F)[C@H](n2cnc3c(=O)[nH]c(N)nc32)O1. The van der Waals surface area contributed by atoms with Gasteiger partial charge in [-0.1, -0.05) is 0 Å². The number of H-pyrrole nitrogens is 1. The molecule has 3 heterocycles. The zero-order chi connectivity index (χ0) is 14.3. The second kappa shape index (κ2) is 4.84. The van der Waals surface area contributed by atoms with Crippen molar-refractivity contribution in [1.82, 2.24) is 19.5 Å². The van der Waals surface area contributed by atoms with Crippen LogP contribution in [0.4, 0.5) is 10.3 Å². The van der Waals surface area contributed by atoms with E-state index in [1.165, 1.54) is 18.0 Å². The summed E-state index contributed by atoms with van der Waals surface area (Å²) in [5.74, 6) is -0.0499. The van der Waals surface area contributed by atoms with Crippen molar-refractivity contribution in [2.45, 2.75) is 24.9 Å². The summed E-state index contributed by atoms with van der Waals surface area (Å²) in [6, 6.07) is 0. The standard InChI is InChI=1S/C11H14FN5O3/c1-19-3-5-2-6(12)10(20-5)17-4-14-7-8(17)15-11(13)16-9(7)18/h4-6,10H,2-3H2,1H3,(H3,13,15,16,18)/t5-,6?,10+/m0/s1. The predicted octanol–water partition coefficient (Wildman–Crippen LogP) is -0.0262. The van der Waals surface area contributed by atoms with Crippen LogP contribution in [0.25, 0.3) is 11.2 Å². The van der Waals surface area contributed by atoms with Crippen molar-refractivity contribution in [3.63, 3.8) is 0 Å². The highest BCUT2D eigenvalue weighted by Crippen LogP contribution is 2.32. The van der Waals surface area contributed by atoms with E-state index in [0.29, 0.717) is 6.61 Å². The van der Waals surface area contributed by atoms with Gasteiger partial charge in [-0.25, -0.2) is 9.37 Å². The monoisotopic (exact) mass is 283 g/mol. The van der Waals surface area contributed by atoms with Crippen molar-refractivity contribution in [2.75, 3.05) is 19.5 Å². The van der Waals surface area contributed by atoms with E-state index in [1.54, 1.807) is 0 Å². The first-order valence-corrected chi connectivity index (χ1v) is 6.11. The fourth-order valence-electron chi connectivity index (χ4n) is 2.37. The summed E-state index contributed by atoms with van der Waals surface area (Å²) in [7, 11) is 1.53. The summed E-state index contributed by atoms with van der Waals surface area (Å²) >= 11 is 0. The first kappa shape index (κ1) is 13.0. The van der Waals surface area contributed by atoms with Crippen molar-refractivity contribution in [3.05, 3.63) is 16.7 Å². The predicted molar refractivity (Wildman–Crippen MR) is 67.9 cm³/mol. The highest BCUT2D eigenvalue weighted by molar-refractivity contribution is 5.70. The number of rotatable bonds is 3. The molecule has 0 bridgehead atoms. The smallest absolute Gasteiger partial charge is 0.280 e. The van der Waals surface area contributed by atoms with Crippen LogP contribution < -0.4 is 11.3 Å². The van der Waals surface area contributed by atoms with Crippen LogP contribution in [0, 0.1) is 0 Å². The summed E-state index contributed by atoms with van der Waals surface area (Å²) in [6.07, 6.45) is -0.893. The summed E-state index contributed by atoms with van der Waals surface area (Å²) in [5, 5.41) is 0. The highest BCUT2D eigenvalue weighted by atomic mass is 19.1. The van der Waals surface area contributed by atoms with Gasteiger partial charge in [0, 0.05) is 13.5 Å². The molecule has 0 amide bonds. The molecule has 1 saturated heterocycles. The number of halogens is 1. The van der Waals surface area contributed by atoms with Crippen LogP contribution in [-0.4, -0.2) is 45.5 Å². The molecule has 1 unspecified atom stereocenters. The van der Waals surface area contributed by atoms with E-state index in [1.807, 2.05) is 0 Å². The van der Waals surface area contributed by atoms with E-state index in [4.69, 9.17) is 15.2 Å². The zero-order valence-corrected chi connectivity index (χ0v) is 10.7. The molecule has 2 aromatic heterocycles. The second-order valence-corrected chi connectivity index (χ2v) is 4.63. The van der Waals surface area contributed by atoms with Crippen LogP contribution in [0.1, 0.15) is 12.6 Å². The lowest BCUT2D eigenvalue weighted by Gasteiger charge is -2.15. The van der Waals surface area contributed by atoms with E-state index in [2.05, 4.69) is 15.0 Å².